The van der Waals surface area contributed by atoms with Gasteiger partial charge >= 0.3 is 5.97 Å². The number of fused-ring (bicyclic) bond motifs is 2. The Hall–Kier alpha value is -6.44. The molecule has 0 saturated heterocycles. The SMILES string of the molecule is CCC(c1ccccc1)N1Cc2cc3c(cc2C[C@H]1C(=O)N[C@@H](Cc1ccc(-c2ccc(C#N)cc2)cc1)C(=O)OC)N(C)C(=O)[C@H](c1ccc(O)cc1)O3. The number of likely N-dealkylation sites (N-methyl/N-ethyl adjacent to an activating group) is 1. The lowest BCUT2D eigenvalue weighted by Crippen LogP contribution is -2.55. The van der Waals surface area contributed by atoms with Crippen LogP contribution in [0.15, 0.2) is 115 Å². The molecule has 2 aliphatic rings. The van der Waals surface area contributed by atoms with E-state index >= 15 is 0 Å². The lowest BCUT2D eigenvalue weighted by Gasteiger charge is -2.42. The number of anilines is 1. The van der Waals surface area contributed by atoms with Gasteiger partial charge in [-0.3, -0.25) is 14.5 Å². The molecule has 278 valence electrons. The van der Waals surface area contributed by atoms with E-state index in [0.717, 1.165) is 39.8 Å². The van der Waals surface area contributed by atoms with Crippen LogP contribution < -0.4 is 15.0 Å². The van der Waals surface area contributed by atoms with Crippen LogP contribution in [0, 0.1) is 11.3 Å². The second-order valence-corrected chi connectivity index (χ2v) is 14.0. The molecule has 10 heteroatoms. The number of carbonyl (C=O) groups is 3. The largest absolute Gasteiger partial charge is 0.508 e. The minimum atomic E-state index is -0.934. The maximum absolute atomic E-state index is 14.5. The Labute approximate surface area is 320 Å². The standard InChI is InChI=1S/C45H42N4O6/c1-4-38(32-8-6-5-7-9-32)49-27-35-25-41-39(48(2)44(52)42(55-41)33-18-20-36(50)21-19-33)23-34(35)24-40(49)43(51)47-37(45(53)54-3)22-28-10-14-30(15-11-28)31-16-12-29(26-46)13-17-31/h5-21,23,25,37-38,40,42,50H,4,22,24,27H2,1-3H3,(H,47,51)/t37-,38?,40-,42-/m0/s1. The highest BCUT2D eigenvalue weighted by atomic mass is 16.5. The van der Waals surface area contributed by atoms with Gasteiger partial charge in [-0.25, -0.2) is 4.79 Å². The van der Waals surface area contributed by atoms with Crippen LogP contribution in [0.25, 0.3) is 11.1 Å². The van der Waals surface area contributed by atoms with Crippen molar-refractivity contribution in [2.75, 3.05) is 19.1 Å². The number of benzene rings is 5. The third-order valence-electron chi connectivity index (χ3n) is 10.6. The normalized spacial score (nSPS) is 17.5. The Bertz CT molecular complexity index is 2230. The van der Waals surface area contributed by atoms with Crippen LogP contribution in [0.4, 0.5) is 5.69 Å². The molecule has 10 nitrogen and oxygen atoms in total. The molecular formula is C45H42N4O6. The predicted molar refractivity (Wildman–Crippen MR) is 208 cm³/mol. The molecule has 0 radical (unpaired) electrons. The van der Waals surface area contributed by atoms with Crippen molar-refractivity contribution in [2.24, 2.45) is 0 Å². The average molecular weight is 735 g/mol. The second-order valence-electron chi connectivity index (χ2n) is 14.0. The number of phenols is 1. The first-order valence-electron chi connectivity index (χ1n) is 18.3. The quantitative estimate of drug-likeness (QED) is 0.150. The molecular weight excluding hydrogens is 693 g/mol. The molecule has 2 heterocycles. The van der Waals surface area contributed by atoms with Crippen LogP contribution in [0.5, 0.6) is 11.5 Å². The zero-order valence-electron chi connectivity index (χ0n) is 30.9. The lowest BCUT2D eigenvalue weighted by atomic mass is 9.88. The molecule has 5 aromatic carbocycles. The fourth-order valence-electron chi connectivity index (χ4n) is 7.63. The van der Waals surface area contributed by atoms with Gasteiger partial charge in [0.1, 0.15) is 17.5 Å². The number of rotatable bonds is 10. The molecule has 4 atom stereocenters. The van der Waals surface area contributed by atoms with Gasteiger partial charge in [-0.2, -0.15) is 5.26 Å². The molecule has 0 spiro atoms. The Morgan fingerprint density at radius 1 is 0.945 bits per heavy atom. The van der Waals surface area contributed by atoms with E-state index in [1.807, 2.05) is 66.7 Å². The van der Waals surface area contributed by atoms with E-state index in [9.17, 15) is 19.5 Å². The number of phenolic OH excluding ortho intramolecular Hbond substituents is 1. The van der Waals surface area contributed by atoms with Crippen molar-refractivity contribution in [3.8, 4) is 28.7 Å². The van der Waals surface area contributed by atoms with Gasteiger partial charge in [0.2, 0.25) is 12.0 Å². The number of hydrogen-bond acceptors (Lipinski definition) is 8. The zero-order valence-corrected chi connectivity index (χ0v) is 30.9. The van der Waals surface area contributed by atoms with E-state index in [4.69, 9.17) is 14.7 Å². The maximum Gasteiger partial charge on any atom is 0.328 e. The number of nitriles is 1. The van der Waals surface area contributed by atoms with Crippen LogP contribution >= 0.6 is 0 Å². The van der Waals surface area contributed by atoms with Crippen LogP contribution in [-0.2, 0) is 38.5 Å². The Morgan fingerprint density at radius 3 is 2.25 bits per heavy atom. The van der Waals surface area contributed by atoms with Crippen molar-refractivity contribution in [2.45, 2.75) is 57.0 Å². The summed E-state index contributed by atoms with van der Waals surface area (Å²) in [6, 6.07) is 36.0. The van der Waals surface area contributed by atoms with E-state index in [-0.39, 0.29) is 30.0 Å². The van der Waals surface area contributed by atoms with Crippen molar-refractivity contribution < 1.29 is 29.0 Å². The Balaban J connectivity index is 1.17. The molecule has 0 saturated carbocycles. The van der Waals surface area contributed by atoms with Crippen molar-refractivity contribution in [3.63, 3.8) is 0 Å². The van der Waals surface area contributed by atoms with Crippen molar-refractivity contribution >= 4 is 23.5 Å². The number of aromatic hydroxyl groups is 1. The average Bonchev–Trinajstić information content (AvgIpc) is 3.22. The summed E-state index contributed by atoms with van der Waals surface area (Å²) in [6.07, 6.45) is 0.431. The smallest absolute Gasteiger partial charge is 0.328 e. The van der Waals surface area contributed by atoms with E-state index < -0.39 is 24.2 Å². The van der Waals surface area contributed by atoms with Crippen LogP contribution in [-0.4, -0.2) is 54.0 Å². The summed E-state index contributed by atoms with van der Waals surface area (Å²) in [5.74, 6) is -0.422. The van der Waals surface area contributed by atoms with Gasteiger partial charge in [-0.15, -0.1) is 0 Å². The highest BCUT2D eigenvalue weighted by Crippen LogP contribution is 2.43. The molecule has 0 fully saturated rings. The third-order valence-corrected chi connectivity index (χ3v) is 10.6. The Kier molecular flexibility index (Phi) is 10.7. The van der Waals surface area contributed by atoms with E-state index in [0.29, 0.717) is 35.5 Å². The maximum atomic E-state index is 14.5. The van der Waals surface area contributed by atoms with Gasteiger partial charge in [0.25, 0.3) is 5.91 Å². The first-order valence-corrected chi connectivity index (χ1v) is 18.3. The summed E-state index contributed by atoms with van der Waals surface area (Å²) in [5, 5.41) is 22.0. The summed E-state index contributed by atoms with van der Waals surface area (Å²) < 4.78 is 11.5. The van der Waals surface area contributed by atoms with Gasteiger partial charge in [0, 0.05) is 31.6 Å². The fraction of sp³-hybridized carbons (Fsp3) is 0.244. The molecule has 5 aromatic rings. The molecule has 7 rings (SSSR count). The first-order chi connectivity index (χ1) is 26.7. The zero-order chi connectivity index (χ0) is 38.6. The molecule has 0 aromatic heterocycles. The van der Waals surface area contributed by atoms with Gasteiger partial charge in [-0.05, 0) is 82.6 Å². The topological polar surface area (TPSA) is 132 Å². The van der Waals surface area contributed by atoms with E-state index in [2.05, 4.69) is 35.3 Å². The van der Waals surface area contributed by atoms with Crippen LogP contribution in [0.3, 0.4) is 0 Å². The molecule has 0 bridgehead atoms. The number of carbonyl (C=O) groups excluding carboxylic acids is 3. The van der Waals surface area contributed by atoms with E-state index in [1.165, 1.54) is 19.2 Å². The predicted octanol–water partition coefficient (Wildman–Crippen LogP) is 6.81. The van der Waals surface area contributed by atoms with Gasteiger partial charge in [-0.1, -0.05) is 85.8 Å². The number of methoxy groups -OCH3 is 1. The minimum absolute atomic E-state index is 0.102. The molecule has 2 amide bonds. The van der Waals surface area contributed by atoms with Crippen molar-refractivity contribution in [1.29, 1.82) is 5.26 Å². The minimum Gasteiger partial charge on any atom is -0.508 e. The highest BCUT2D eigenvalue weighted by molar-refractivity contribution is 6.00. The van der Waals surface area contributed by atoms with Gasteiger partial charge in [0.15, 0.2) is 0 Å². The third kappa shape index (κ3) is 7.66. The molecule has 2 aliphatic heterocycles. The summed E-state index contributed by atoms with van der Waals surface area (Å²) in [6.45, 7) is 2.53. The van der Waals surface area contributed by atoms with Crippen LogP contribution in [0.1, 0.15) is 58.9 Å². The Morgan fingerprint density at radius 2 is 1.62 bits per heavy atom. The van der Waals surface area contributed by atoms with Gasteiger partial charge < -0.3 is 24.8 Å². The number of hydrogen-bond donors (Lipinski definition) is 2. The number of nitrogens with zero attached hydrogens (tertiary/aromatic N) is 3. The number of amides is 2. The number of ether oxygens (including phenoxy) is 2. The monoisotopic (exact) mass is 734 g/mol. The number of esters is 1. The van der Waals surface area contributed by atoms with Crippen molar-refractivity contribution in [3.05, 3.63) is 149 Å². The van der Waals surface area contributed by atoms with Gasteiger partial charge in [0.05, 0.1) is 30.5 Å². The molecule has 2 N–H and O–H groups in total. The number of nitrogens with one attached hydrogen (secondary N) is 1. The fourth-order valence-corrected chi connectivity index (χ4v) is 7.63. The van der Waals surface area contributed by atoms with E-state index in [1.54, 1.807) is 36.2 Å². The van der Waals surface area contributed by atoms with Crippen molar-refractivity contribution in [1.82, 2.24) is 10.2 Å². The molecule has 1 unspecified atom stereocenters. The summed E-state index contributed by atoms with van der Waals surface area (Å²) >= 11 is 0. The van der Waals surface area contributed by atoms with Crippen LogP contribution in [0.2, 0.25) is 0 Å². The summed E-state index contributed by atoms with van der Waals surface area (Å²) in [7, 11) is 3.03. The summed E-state index contributed by atoms with van der Waals surface area (Å²) in [5.41, 5.74) is 7.57. The molecule has 0 aliphatic carbocycles. The first kappa shape index (κ1) is 36.9. The highest BCUT2D eigenvalue weighted by Gasteiger charge is 2.40. The summed E-state index contributed by atoms with van der Waals surface area (Å²) in [4.78, 5) is 45.0. The second kappa shape index (κ2) is 15.9. The molecule has 55 heavy (non-hydrogen) atoms. The lowest BCUT2D eigenvalue weighted by molar-refractivity contribution is -0.146.